The third-order valence-electron chi connectivity index (χ3n) is 4.25. The maximum Gasteiger partial charge on any atom is 0.328 e. The summed E-state index contributed by atoms with van der Waals surface area (Å²) in [6.07, 6.45) is 1.55. The second kappa shape index (κ2) is 6.40. The van der Waals surface area contributed by atoms with Crippen molar-refractivity contribution in [3.8, 4) is 16.9 Å². The quantitative estimate of drug-likeness (QED) is 0.778. The van der Waals surface area contributed by atoms with E-state index < -0.39 is 16.9 Å². The minimum atomic E-state index is -0.562. The zero-order valence-electron chi connectivity index (χ0n) is 15.1. The molecule has 0 atom stereocenters. The number of nitrogens with zero attached hydrogens (tertiary/aromatic N) is 2. The number of pyridine rings is 1. The summed E-state index contributed by atoms with van der Waals surface area (Å²) in [7, 11) is 1.40. The molecule has 3 aromatic rings. The summed E-state index contributed by atoms with van der Waals surface area (Å²) in [5, 5.41) is 0. The van der Waals surface area contributed by atoms with Gasteiger partial charge in [-0.05, 0) is 23.8 Å². The normalized spacial score (nSPS) is 11.7. The number of rotatable bonds is 4. The molecule has 6 nitrogen and oxygen atoms in total. The molecule has 0 fully saturated rings. The number of methoxy groups -OCH3 is 1. The number of ether oxygens (including phenoxy) is 1. The first-order valence-corrected chi connectivity index (χ1v) is 8.16. The molecule has 0 saturated heterocycles. The van der Waals surface area contributed by atoms with Crippen molar-refractivity contribution in [2.45, 2.75) is 27.3 Å². The Hall–Kier alpha value is -2.96. The molecule has 3 rings (SSSR count). The molecular weight excluding hydrogens is 337 g/mol. The molecule has 26 heavy (non-hydrogen) atoms. The molecule has 0 spiro atoms. The second-order valence-corrected chi connectivity index (χ2v) is 7.13. The van der Waals surface area contributed by atoms with Crippen LogP contribution in [0.1, 0.15) is 20.8 Å². The van der Waals surface area contributed by atoms with Gasteiger partial charge in [0, 0.05) is 17.2 Å². The van der Waals surface area contributed by atoms with Crippen molar-refractivity contribution in [2.75, 3.05) is 7.11 Å². The van der Waals surface area contributed by atoms with Crippen LogP contribution in [0, 0.1) is 11.2 Å². The van der Waals surface area contributed by atoms with Crippen LogP contribution in [0.2, 0.25) is 0 Å². The third-order valence-corrected chi connectivity index (χ3v) is 4.25. The molecule has 136 valence electrons. The Morgan fingerprint density at radius 2 is 2.00 bits per heavy atom. The van der Waals surface area contributed by atoms with E-state index >= 15 is 0 Å². The van der Waals surface area contributed by atoms with Crippen molar-refractivity contribution in [3.63, 3.8) is 0 Å². The molecule has 0 aliphatic carbocycles. The van der Waals surface area contributed by atoms with Gasteiger partial charge in [0.05, 0.1) is 19.2 Å². The number of hydrogen-bond donors (Lipinski definition) is 1. The Balaban J connectivity index is 2.08. The molecule has 0 saturated carbocycles. The van der Waals surface area contributed by atoms with Crippen LogP contribution in [-0.4, -0.2) is 27.4 Å². The largest absolute Gasteiger partial charge is 0.494 e. The zero-order valence-corrected chi connectivity index (χ0v) is 15.1. The minimum absolute atomic E-state index is 0.0512. The van der Waals surface area contributed by atoms with E-state index in [0.717, 1.165) is 0 Å². The topological polar surface area (TPSA) is 77.0 Å². The van der Waals surface area contributed by atoms with Crippen LogP contribution in [-0.2, 0) is 11.3 Å². The number of aromatic nitrogens is 3. The van der Waals surface area contributed by atoms with Gasteiger partial charge in [-0.25, -0.2) is 14.2 Å². The van der Waals surface area contributed by atoms with Gasteiger partial charge in [0.1, 0.15) is 0 Å². The zero-order chi connectivity index (χ0) is 19.1. The summed E-state index contributed by atoms with van der Waals surface area (Å²) >= 11 is 0. The Kier molecular flexibility index (Phi) is 4.39. The van der Waals surface area contributed by atoms with Crippen LogP contribution >= 0.6 is 0 Å². The van der Waals surface area contributed by atoms with Gasteiger partial charge in [-0.1, -0.05) is 26.8 Å². The Bertz CT molecular complexity index is 1040. The summed E-state index contributed by atoms with van der Waals surface area (Å²) < 4.78 is 20.3. The second-order valence-electron chi connectivity index (χ2n) is 7.13. The van der Waals surface area contributed by atoms with E-state index in [-0.39, 0.29) is 18.1 Å². The van der Waals surface area contributed by atoms with Gasteiger partial charge in [0.15, 0.2) is 23.0 Å². The van der Waals surface area contributed by atoms with Gasteiger partial charge in [0.2, 0.25) is 0 Å². The van der Waals surface area contributed by atoms with E-state index in [2.05, 4.69) is 9.97 Å². The van der Waals surface area contributed by atoms with Crippen molar-refractivity contribution >= 4 is 16.9 Å². The smallest absolute Gasteiger partial charge is 0.328 e. The Morgan fingerprint density at radius 3 is 2.62 bits per heavy atom. The van der Waals surface area contributed by atoms with Gasteiger partial charge in [-0.3, -0.25) is 14.3 Å². The fraction of sp³-hybridized carbons (Fsp3) is 0.316. The number of H-pyrrole nitrogens is 1. The maximum atomic E-state index is 14.0. The first kappa shape index (κ1) is 17.8. The minimum Gasteiger partial charge on any atom is -0.494 e. The highest BCUT2D eigenvalue weighted by molar-refractivity contribution is 5.86. The molecule has 0 unspecified atom stereocenters. The molecule has 0 amide bonds. The van der Waals surface area contributed by atoms with Crippen molar-refractivity contribution in [1.29, 1.82) is 0 Å². The average molecular weight is 357 g/mol. The number of fused-ring (bicyclic) bond motifs is 1. The van der Waals surface area contributed by atoms with Gasteiger partial charge < -0.3 is 4.74 Å². The van der Waals surface area contributed by atoms with Crippen LogP contribution in [0.5, 0.6) is 5.75 Å². The number of hydrogen-bond acceptors (Lipinski definition) is 4. The summed E-state index contributed by atoms with van der Waals surface area (Å²) in [5.74, 6) is -0.405. The molecular formula is C19H20FN3O3. The predicted octanol–water partition coefficient (Wildman–Crippen LogP) is 3.15. The molecule has 1 N–H and O–H groups in total. The summed E-state index contributed by atoms with van der Waals surface area (Å²) in [5.41, 5.74) is 1.15. The van der Waals surface area contributed by atoms with Gasteiger partial charge in [-0.2, -0.15) is 0 Å². The van der Waals surface area contributed by atoms with Crippen LogP contribution in [0.3, 0.4) is 0 Å². The van der Waals surface area contributed by atoms with Crippen molar-refractivity contribution < 1.29 is 13.9 Å². The van der Waals surface area contributed by atoms with E-state index in [1.165, 1.54) is 23.8 Å². The number of carbonyl (C=O) groups is 1. The van der Waals surface area contributed by atoms with Crippen LogP contribution in [0.4, 0.5) is 4.39 Å². The molecule has 7 heteroatoms. The van der Waals surface area contributed by atoms with E-state index in [0.29, 0.717) is 22.3 Å². The van der Waals surface area contributed by atoms with E-state index in [1.54, 1.807) is 39.1 Å². The first-order valence-electron chi connectivity index (χ1n) is 8.16. The fourth-order valence-corrected chi connectivity index (χ4v) is 2.57. The lowest BCUT2D eigenvalue weighted by Crippen LogP contribution is -2.29. The summed E-state index contributed by atoms with van der Waals surface area (Å²) in [6, 6.07) is 6.30. The van der Waals surface area contributed by atoms with E-state index in [1.807, 2.05) is 0 Å². The Morgan fingerprint density at radius 1 is 1.27 bits per heavy atom. The van der Waals surface area contributed by atoms with Crippen molar-refractivity contribution in [1.82, 2.24) is 14.5 Å². The highest BCUT2D eigenvalue weighted by Gasteiger charge is 2.23. The van der Waals surface area contributed by atoms with Gasteiger partial charge >= 0.3 is 5.69 Å². The van der Waals surface area contributed by atoms with Gasteiger partial charge in [0.25, 0.3) is 0 Å². The number of halogens is 1. The first-order chi connectivity index (χ1) is 12.2. The number of carbonyl (C=O) groups excluding carboxylic acids is 1. The Labute approximate surface area is 149 Å². The standard InChI is InChI=1S/C19H20FN3O3/c1-19(2,3)16(24)10-23-14-8-12(9-21-17(14)22-18(23)25)11-5-6-15(26-4)13(20)7-11/h5-9H,10H2,1-4H3,(H,21,22,25). The number of imidazole rings is 1. The number of benzene rings is 1. The van der Waals surface area contributed by atoms with Crippen molar-refractivity contribution in [2.24, 2.45) is 5.41 Å². The summed E-state index contributed by atoms with van der Waals surface area (Å²) in [4.78, 5) is 31.4. The molecule has 2 aromatic heterocycles. The van der Waals surface area contributed by atoms with Crippen LogP contribution in [0.25, 0.3) is 22.3 Å². The molecule has 0 aliphatic rings. The maximum absolute atomic E-state index is 14.0. The van der Waals surface area contributed by atoms with Crippen LogP contribution < -0.4 is 10.4 Å². The molecule has 0 bridgehead atoms. The molecule has 0 aliphatic heterocycles. The lowest BCUT2D eigenvalue weighted by Gasteiger charge is -2.16. The van der Waals surface area contributed by atoms with E-state index in [4.69, 9.17) is 4.74 Å². The number of aromatic amines is 1. The van der Waals surface area contributed by atoms with Gasteiger partial charge in [-0.15, -0.1) is 0 Å². The van der Waals surface area contributed by atoms with Crippen LogP contribution in [0.15, 0.2) is 35.3 Å². The lowest BCUT2D eigenvalue weighted by molar-refractivity contribution is -0.126. The fourth-order valence-electron chi connectivity index (χ4n) is 2.57. The number of ketones is 1. The molecule has 1 aromatic carbocycles. The van der Waals surface area contributed by atoms with E-state index in [9.17, 15) is 14.0 Å². The highest BCUT2D eigenvalue weighted by Crippen LogP contribution is 2.27. The highest BCUT2D eigenvalue weighted by atomic mass is 19.1. The predicted molar refractivity (Wildman–Crippen MR) is 96.8 cm³/mol. The molecule has 2 heterocycles. The third kappa shape index (κ3) is 3.24. The monoisotopic (exact) mass is 357 g/mol. The average Bonchev–Trinajstić information content (AvgIpc) is 2.89. The van der Waals surface area contributed by atoms with Crippen molar-refractivity contribution in [3.05, 3.63) is 46.8 Å². The summed E-state index contributed by atoms with van der Waals surface area (Å²) in [6.45, 7) is 5.36. The lowest BCUT2D eigenvalue weighted by atomic mass is 9.91. The number of Topliss-reactive ketones (excluding diaryl/α,β-unsaturated/α-hetero) is 1. The molecule has 0 radical (unpaired) electrons. The SMILES string of the molecule is COc1ccc(-c2cnc3[nH]c(=O)n(CC(=O)C(C)(C)C)c3c2)cc1F. The number of nitrogens with one attached hydrogen (secondary N) is 1.